The third kappa shape index (κ3) is 4.94. The molecular weight excluding hydrogens is 228 g/mol. The van der Waals surface area contributed by atoms with E-state index in [9.17, 15) is 4.79 Å². The number of likely N-dealkylation sites (tertiary alicyclic amines) is 1. The molecule has 1 saturated heterocycles. The number of hydrogen-bond acceptors (Lipinski definition) is 3. The Balaban J connectivity index is 2.49. The molecular formula is C14H28N2O2. The maximum absolute atomic E-state index is 12.4. The van der Waals surface area contributed by atoms with E-state index in [0.29, 0.717) is 19.1 Å². The minimum atomic E-state index is -0.0340. The SMILES string of the molecule is COCC(C)CC(CN)C(=O)N1CCCCCC1. The fourth-order valence-electron chi connectivity index (χ4n) is 2.69. The highest BCUT2D eigenvalue weighted by atomic mass is 16.5. The molecule has 106 valence electrons. The molecule has 2 atom stereocenters. The predicted molar refractivity (Wildman–Crippen MR) is 73.2 cm³/mol. The summed E-state index contributed by atoms with van der Waals surface area (Å²) in [6.07, 6.45) is 5.60. The molecule has 0 bridgehead atoms. The molecule has 0 aliphatic carbocycles. The van der Waals surface area contributed by atoms with E-state index in [1.807, 2.05) is 4.90 Å². The summed E-state index contributed by atoms with van der Waals surface area (Å²) in [6.45, 7) is 5.08. The molecule has 1 fully saturated rings. The largest absolute Gasteiger partial charge is 0.384 e. The zero-order valence-electron chi connectivity index (χ0n) is 11.9. The molecule has 2 unspecified atom stereocenters. The van der Waals surface area contributed by atoms with Crippen LogP contribution in [0.1, 0.15) is 39.0 Å². The molecule has 0 aromatic carbocycles. The number of rotatable bonds is 6. The van der Waals surface area contributed by atoms with Crippen LogP contribution in [0.5, 0.6) is 0 Å². The Hall–Kier alpha value is -0.610. The molecule has 0 spiro atoms. The minimum absolute atomic E-state index is 0.0340. The molecule has 18 heavy (non-hydrogen) atoms. The molecule has 4 nitrogen and oxygen atoms in total. The molecule has 4 heteroatoms. The van der Waals surface area contributed by atoms with Gasteiger partial charge in [-0.15, -0.1) is 0 Å². The monoisotopic (exact) mass is 256 g/mol. The van der Waals surface area contributed by atoms with Crippen LogP contribution in [-0.2, 0) is 9.53 Å². The lowest BCUT2D eigenvalue weighted by Gasteiger charge is -2.26. The van der Waals surface area contributed by atoms with Crippen molar-refractivity contribution in [1.29, 1.82) is 0 Å². The van der Waals surface area contributed by atoms with Gasteiger partial charge in [0.2, 0.25) is 5.91 Å². The van der Waals surface area contributed by atoms with E-state index in [4.69, 9.17) is 10.5 Å². The number of carbonyl (C=O) groups is 1. The van der Waals surface area contributed by atoms with Crippen LogP contribution in [0.15, 0.2) is 0 Å². The van der Waals surface area contributed by atoms with Crippen molar-refractivity contribution in [2.24, 2.45) is 17.6 Å². The highest BCUT2D eigenvalue weighted by Crippen LogP contribution is 2.17. The van der Waals surface area contributed by atoms with Gasteiger partial charge in [-0.25, -0.2) is 0 Å². The molecule has 0 aromatic rings. The minimum Gasteiger partial charge on any atom is -0.384 e. The van der Waals surface area contributed by atoms with Gasteiger partial charge in [-0.05, 0) is 25.2 Å². The number of amides is 1. The first kappa shape index (κ1) is 15.4. The summed E-state index contributed by atoms with van der Waals surface area (Å²) in [7, 11) is 1.70. The summed E-state index contributed by atoms with van der Waals surface area (Å²) in [4.78, 5) is 14.4. The molecule has 1 heterocycles. The summed E-state index contributed by atoms with van der Waals surface area (Å²) in [5, 5.41) is 0. The summed E-state index contributed by atoms with van der Waals surface area (Å²) in [5.41, 5.74) is 5.78. The molecule has 0 saturated carbocycles. The molecule has 1 amide bonds. The van der Waals surface area contributed by atoms with E-state index in [2.05, 4.69) is 6.92 Å². The maximum Gasteiger partial charge on any atom is 0.226 e. The molecule has 0 radical (unpaired) electrons. The van der Waals surface area contributed by atoms with Gasteiger partial charge < -0.3 is 15.4 Å². The number of methoxy groups -OCH3 is 1. The Morgan fingerprint density at radius 3 is 2.39 bits per heavy atom. The van der Waals surface area contributed by atoms with E-state index >= 15 is 0 Å². The van der Waals surface area contributed by atoms with E-state index in [0.717, 1.165) is 32.4 Å². The van der Waals surface area contributed by atoms with Gasteiger partial charge in [0, 0.05) is 33.4 Å². The van der Waals surface area contributed by atoms with Gasteiger partial charge in [-0.1, -0.05) is 19.8 Å². The fraction of sp³-hybridized carbons (Fsp3) is 0.929. The van der Waals surface area contributed by atoms with Crippen LogP contribution >= 0.6 is 0 Å². The van der Waals surface area contributed by atoms with Crippen molar-refractivity contribution >= 4 is 5.91 Å². The zero-order valence-corrected chi connectivity index (χ0v) is 11.9. The second-order valence-corrected chi connectivity index (χ2v) is 5.47. The number of ether oxygens (including phenoxy) is 1. The van der Waals surface area contributed by atoms with Crippen molar-refractivity contribution < 1.29 is 9.53 Å². The van der Waals surface area contributed by atoms with E-state index in [1.54, 1.807) is 7.11 Å². The van der Waals surface area contributed by atoms with Crippen LogP contribution in [-0.4, -0.2) is 44.2 Å². The second kappa shape index (κ2) is 8.48. The van der Waals surface area contributed by atoms with Crippen LogP contribution in [0.25, 0.3) is 0 Å². The van der Waals surface area contributed by atoms with Crippen molar-refractivity contribution in [2.75, 3.05) is 33.4 Å². The van der Waals surface area contributed by atoms with Gasteiger partial charge in [0.05, 0.1) is 5.92 Å². The first-order chi connectivity index (χ1) is 8.69. The molecule has 1 rings (SSSR count). The Bertz CT molecular complexity index is 238. The lowest BCUT2D eigenvalue weighted by Crippen LogP contribution is -2.40. The van der Waals surface area contributed by atoms with Crippen molar-refractivity contribution in [3.63, 3.8) is 0 Å². The van der Waals surface area contributed by atoms with Crippen LogP contribution in [0.2, 0.25) is 0 Å². The molecule has 1 aliphatic heterocycles. The fourth-order valence-corrected chi connectivity index (χ4v) is 2.69. The first-order valence-electron chi connectivity index (χ1n) is 7.16. The smallest absolute Gasteiger partial charge is 0.226 e. The summed E-state index contributed by atoms with van der Waals surface area (Å²) in [6, 6.07) is 0. The average Bonchev–Trinajstić information content (AvgIpc) is 2.64. The molecule has 0 aromatic heterocycles. The lowest BCUT2D eigenvalue weighted by molar-refractivity contribution is -0.135. The third-order valence-corrected chi connectivity index (χ3v) is 3.69. The summed E-state index contributed by atoms with van der Waals surface area (Å²) in [5.74, 6) is 0.607. The van der Waals surface area contributed by atoms with Crippen LogP contribution in [0.3, 0.4) is 0 Å². The third-order valence-electron chi connectivity index (χ3n) is 3.69. The number of nitrogens with two attached hydrogens (primary N) is 1. The topological polar surface area (TPSA) is 55.6 Å². The number of nitrogens with zero attached hydrogens (tertiary/aromatic N) is 1. The maximum atomic E-state index is 12.4. The van der Waals surface area contributed by atoms with Crippen LogP contribution < -0.4 is 5.73 Å². The molecule has 2 N–H and O–H groups in total. The Labute approximate surface area is 111 Å². The van der Waals surface area contributed by atoms with Gasteiger partial charge >= 0.3 is 0 Å². The summed E-state index contributed by atoms with van der Waals surface area (Å²) >= 11 is 0. The molecule has 1 aliphatic rings. The number of hydrogen-bond donors (Lipinski definition) is 1. The lowest BCUT2D eigenvalue weighted by atomic mass is 9.95. The zero-order chi connectivity index (χ0) is 13.4. The normalized spacial score (nSPS) is 20.3. The number of carbonyl (C=O) groups excluding carboxylic acids is 1. The Morgan fingerprint density at radius 1 is 1.28 bits per heavy atom. The van der Waals surface area contributed by atoms with Crippen molar-refractivity contribution in [1.82, 2.24) is 4.90 Å². The van der Waals surface area contributed by atoms with E-state index in [-0.39, 0.29) is 11.8 Å². The van der Waals surface area contributed by atoms with Crippen LogP contribution in [0.4, 0.5) is 0 Å². The standard InChI is InChI=1S/C14H28N2O2/c1-12(11-18-2)9-13(10-15)14(17)16-7-5-3-4-6-8-16/h12-13H,3-11,15H2,1-2H3. The highest BCUT2D eigenvalue weighted by molar-refractivity contribution is 5.79. The van der Waals surface area contributed by atoms with Crippen molar-refractivity contribution in [2.45, 2.75) is 39.0 Å². The predicted octanol–water partition coefficient (Wildman–Crippen LogP) is 1.64. The van der Waals surface area contributed by atoms with Crippen molar-refractivity contribution in [3.8, 4) is 0 Å². The Morgan fingerprint density at radius 2 is 1.89 bits per heavy atom. The van der Waals surface area contributed by atoms with Gasteiger partial charge in [-0.2, -0.15) is 0 Å². The van der Waals surface area contributed by atoms with E-state index in [1.165, 1.54) is 12.8 Å². The van der Waals surface area contributed by atoms with Gasteiger partial charge in [-0.3, -0.25) is 4.79 Å². The highest BCUT2D eigenvalue weighted by Gasteiger charge is 2.25. The average molecular weight is 256 g/mol. The van der Waals surface area contributed by atoms with Gasteiger partial charge in [0.1, 0.15) is 0 Å². The second-order valence-electron chi connectivity index (χ2n) is 5.47. The first-order valence-corrected chi connectivity index (χ1v) is 7.16. The Kier molecular flexibility index (Phi) is 7.28. The van der Waals surface area contributed by atoms with Crippen LogP contribution in [0, 0.1) is 11.8 Å². The van der Waals surface area contributed by atoms with Gasteiger partial charge in [0.15, 0.2) is 0 Å². The van der Waals surface area contributed by atoms with E-state index < -0.39 is 0 Å². The quantitative estimate of drug-likeness (QED) is 0.786. The van der Waals surface area contributed by atoms with Gasteiger partial charge in [0.25, 0.3) is 0 Å². The van der Waals surface area contributed by atoms with Crippen molar-refractivity contribution in [3.05, 3.63) is 0 Å². The summed E-state index contributed by atoms with van der Waals surface area (Å²) < 4.78 is 5.13.